The van der Waals surface area contributed by atoms with Crippen LogP contribution >= 0.6 is 0 Å². The van der Waals surface area contributed by atoms with Crippen LogP contribution in [-0.2, 0) is 15.0 Å². The summed E-state index contributed by atoms with van der Waals surface area (Å²) in [5.74, 6) is 0.828. The van der Waals surface area contributed by atoms with Crippen LogP contribution in [0.4, 0.5) is 5.69 Å². The first kappa shape index (κ1) is 33.8. The van der Waals surface area contributed by atoms with Gasteiger partial charge in [0, 0.05) is 61.2 Å². The molecule has 1 saturated heterocycles. The Morgan fingerprint density at radius 3 is 2.21 bits per heavy atom. The van der Waals surface area contributed by atoms with Gasteiger partial charge < -0.3 is 19.3 Å². The first-order valence-electron chi connectivity index (χ1n) is 17.5. The van der Waals surface area contributed by atoms with E-state index in [0.717, 1.165) is 40.2 Å². The van der Waals surface area contributed by atoms with Crippen LogP contribution in [0.15, 0.2) is 89.6 Å². The first-order chi connectivity index (χ1) is 25.5. The van der Waals surface area contributed by atoms with Gasteiger partial charge in [-0.25, -0.2) is 4.98 Å². The molecule has 4 heterocycles. The Labute approximate surface area is 304 Å². The number of nitrogens with zero attached hydrogens (tertiary/aromatic N) is 4. The monoisotopic (exact) mass is 712 g/mol. The number of carbonyl (C=O) groups is 4. The molecule has 268 valence electrons. The zero-order valence-electron chi connectivity index (χ0n) is 29.3. The highest BCUT2D eigenvalue weighted by atomic mass is 16.5. The van der Waals surface area contributed by atoms with Crippen molar-refractivity contribution >= 4 is 29.3 Å². The zero-order valence-corrected chi connectivity index (χ0v) is 29.3. The fourth-order valence-corrected chi connectivity index (χ4v) is 6.94. The molecule has 2 fully saturated rings. The van der Waals surface area contributed by atoms with Gasteiger partial charge in [0.05, 0.1) is 11.1 Å². The fourth-order valence-electron chi connectivity index (χ4n) is 6.94. The highest BCUT2D eigenvalue weighted by molar-refractivity contribution is 6.23. The molecule has 4 amide bonds. The van der Waals surface area contributed by atoms with Crippen molar-refractivity contribution in [2.24, 2.45) is 0 Å². The Balaban J connectivity index is 0.829. The van der Waals surface area contributed by atoms with Crippen LogP contribution in [0.1, 0.15) is 77.3 Å². The molecule has 2 aromatic heterocycles. The van der Waals surface area contributed by atoms with Gasteiger partial charge in [0.1, 0.15) is 23.6 Å². The Bertz CT molecular complexity index is 2230. The smallest absolute Gasteiger partial charge is 0.262 e. The number of hydrogen-bond acceptors (Lipinski definition) is 11. The number of benzene rings is 3. The number of ether oxygens (including phenoxy) is 2. The van der Waals surface area contributed by atoms with Gasteiger partial charge in [0.2, 0.25) is 29.4 Å². The maximum Gasteiger partial charge on any atom is 0.262 e. The topological polar surface area (TPSA) is 166 Å². The number of rotatable bonds is 10. The Morgan fingerprint density at radius 2 is 1.57 bits per heavy atom. The first-order valence-corrected chi connectivity index (χ1v) is 17.5. The van der Waals surface area contributed by atoms with Crippen molar-refractivity contribution in [3.63, 3.8) is 0 Å². The summed E-state index contributed by atoms with van der Waals surface area (Å²) in [6.45, 7) is 6.09. The molecule has 3 aliphatic rings. The molecule has 13 nitrogen and oxygen atoms in total. The molecule has 3 aromatic carbocycles. The minimum atomic E-state index is -0.989. The van der Waals surface area contributed by atoms with Gasteiger partial charge in [-0.15, -0.1) is 0 Å². The van der Waals surface area contributed by atoms with Crippen LogP contribution in [0.2, 0.25) is 0 Å². The number of anilines is 1. The average Bonchev–Trinajstić information content (AvgIpc) is 3.68. The molecule has 2 aliphatic heterocycles. The Morgan fingerprint density at radius 1 is 0.868 bits per heavy atom. The molecule has 1 atom stereocenters. The third-order valence-corrected chi connectivity index (χ3v) is 10.1. The van der Waals surface area contributed by atoms with Gasteiger partial charge in [-0.3, -0.25) is 29.4 Å². The average molecular weight is 713 g/mol. The zero-order chi connectivity index (χ0) is 36.9. The predicted octanol–water partition coefficient (Wildman–Crippen LogP) is 5.98. The molecular formula is C40H36N6O7. The normalized spacial score (nSPS) is 19.8. The molecule has 8 rings (SSSR count). The quantitative estimate of drug-likeness (QED) is 0.164. The fraction of sp³-hybridized carbons (Fsp3) is 0.275. The molecule has 1 aliphatic carbocycles. The molecule has 2 N–H and O–H groups in total. The minimum absolute atomic E-state index is 0.0356. The third-order valence-electron chi connectivity index (χ3n) is 10.1. The number of nitrogens with one attached hydrogen (secondary N) is 2. The lowest BCUT2D eigenvalue weighted by Gasteiger charge is -2.36. The summed E-state index contributed by atoms with van der Waals surface area (Å²) < 4.78 is 17.3. The van der Waals surface area contributed by atoms with Gasteiger partial charge in [-0.2, -0.15) is 4.98 Å². The minimum Gasteiger partial charge on any atom is -0.490 e. The SMILES string of the molecule is Cc1nc(-c2ccc(Oc3ccc(C(C)(C)c4ccc(O[C@H]5C[C@H](Nc6ccc7c(c6)C(=O)N(C6CCC(=O)NC6=O)C7=O)C5)cc4)cc3)nc2)no1. The number of imide groups is 2. The molecular weight excluding hydrogens is 676 g/mol. The highest BCUT2D eigenvalue weighted by Crippen LogP contribution is 2.36. The molecule has 0 bridgehead atoms. The van der Waals surface area contributed by atoms with Crippen molar-refractivity contribution < 1.29 is 33.2 Å². The van der Waals surface area contributed by atoms with Gasteiger partial charge in [0.15, 0.2) is 0 Å². The van der Waals surface area contributed by atoms with Gasteiger partial charge in [0.25, 0.3) is 11.8 Å². The number of carbonyl (C=O) groups excluding carboxylic acids is 4. The second-order valence-corrected chi connectivity index (χ2v) is 14.1. The van der Waals surface area contributed by atoms with Crippen molar-refractivity contribution in [2.45, 2.75) is 70.1 Å². The molecule has 1 saturated carbocycles. The summed E-state index contributed by atoms with van der Waals surface area (Å²) in [5, 5.41) is 9.57. The number of aromatic nitrogens is 3. The van der Waals surface area contributed by atoms with E-state index in [4.69, 9.17) is 14.0 Å². The summed E-state index contributed by atoms with van der Waals surface area (Å²) in [5.41, 5.74) is 3.96. The number of piperidine rings is 1. The Kier molecular flexibility index (Phi) is 8.48. The number of fused-ring (bicyclic) bond motifs is 1. The van der Waals surface area contributed by atoms with E-state index in [-0.39, 0.29) is 41.5 Å². The van der Waals surface area contributed by atoms with Crippen molar-refractivity contribution in [2.75, 3.05) is 5.32 Å². The van der Waals surface area contributed by atoms with Gasteiger partial charge in [-0.05, 0) is 66.1 Å². The van der Waals surface area contributed by atoms with Crippen molar-refractivity contribution in [1.29, 1.82) is 0 Å². The Hall–Kier alpha value is -6.37. The van der Waals surface area contributed by atoms with Crippen molar-refractivity contribution in [3.8, 4) is 28.8 Å². The van der Waals surface area contributed by atoms with E-state index in [2.05, 4.69) is 63.9 Å². The number of hydrogen-bond donors (Lipinski definition) is 2. The lowest BCUT2D eigenvalue weighted by Crippen LogP contribution is -2.54. The summed E-state index contributed by atoms with van der Waals surface area (Å²) in [7, 11) is 0. The summed E-state index contributed by atoms with van der Waals surface area (Å²) in [4.78, 5) is 59.7. The largest absolute Gasteiger partial charge is 0.490 e. The summed E-state index contributed by atoms with van der Waals surface area (Å²) in [6.07, 6.45) is 3.43. The predicted molar refractivity (Wildman–Crippen MR) is 192 cm³/mol. The standard InChI is InChI=1S/C40H36N6O7/c1-22-42-36(45-53-22)23-4-17-35(41-21-23)52-29-12-7-25(8-13-29)40(2,3)24-5-10-28(11-6-24)51-30-18-27(19-30)43-26-9-14-31-32(20-26)39(50)46(38(31)49)33-15-16-34(47)44-37(33)48/h4-14,17,20-21,27,30,33,43H,15-16,18-19H2,1-3H3,(H,44,47,48)/t27-,30-,33?. The van der Waals surface area contributed by atoms with E-state index in [1.165, 1.54) is 0 Å². The molecule has 0 spiro atoms. The number of amides is 4. The van der Waals surface area contributed by atoms with E-state index in [1.807, 2.05) is 30.3 Å². The van der Waals surface area contributed by atoms with Gasteiger partial charge in [-0.1, -0.05) is 43.3 Å². The van der Waals surface area contributed by atoms with E-state index >= 15 is 0 Å². The molecule has 0 radical (unpaired) electrons. The molecule has 53 heavy (non-hydrogen) atoms. The van der Waals surface area contributed by atoms with Gasteiger partial charge >= 0.3 is 0 Å². The maximum atomic E-state index is 13.2. The second-order valence-electron chi connectivity index (χ2n) is 14.1. The van der Waals surface area contributed by atoms with Crippen molar-refractivity contribution in [3.05, 3.63) is 113 Å². The van der Waals surface area contributed by atoms with E-state index in [1.54, 1.807) is 37.4 Å². The summed E-state index contributed by atoms with van der Waals surface area (Å²) >= 11 is 0. The second kappa shape index (κ2) is 13.3. The summed E-state index contributed by atoms with van der Waals surface area (Å²) in [6, 6.07) is 23.9. The van der Waals surface area contributed by atoms with Crippen LogP contribution in [0, 0.1) is 6.92 Å². The number of pyridine rings is 1. The highest BCUT2D eigenvalue weighted by Gasteiger charge is 2.45. The lowest BCUT2D eigenvalue weighted by atomic mass is 9.78. The van der Waals surface area contributed by atoms with Crippen LogP contribution in [0.5, 0.6) is 17.4 Å². The lowest BCUT2D eigenvalue weighted by molar-refractivity contribution is -0.136. The molecule has 5 aromatic rings. The van der Waals surface area contributed by atoms with E-state index in [9.17, 15) is 19.2 Å². The van der Waals surface area contributed by atoms with E-state index < -0.39 is 29.7 Å². The van der Waals surface area contributed by atoms with Crippen LogP contribution in [0.3, 0.4) is 0 Å². The maximum absolute atomic E-state index is 13.2. The molecule has 1 unspecified atom stereocenters. The molecule has 13 heteroatoms. The van der Waals surface area contributed by atoms with Crippen LogP contribution in [0.25, 0.3) is 11.4 Å². The van der Waals surface area contributed by atoms with Crippen LogP contribution in [-0.4, -0.2) is 61.8 Å². The van der Waals surface area contributed by atoms with E-state index in [0.29, 0.717) is 29.0 Å². The number of aryl methyl sites for hydroxylation is 1. The third kappa shape index (κ3) is 6.61. The van der Waals surface area contributed by atoms with Crippen LogP contribution < -0.4 is 20.1 Å². The van der Waals surface area contributed by atoms with Crippen molar-refractivity contribution in [1.82, 2.24) is 25.3 Å².